The Morgan fingerprint density at radius 2 is 1.94 bits per heavy atom. The van der Waals surface area contributed by atoms with Gasteiger partial charge in [-0.3, -0.25) is 18.8 Å². The van der Waals surface area contributed by atoms with Crippen LogP contribution in [0.1, 0.15) is 0 Å². The maximum absolute atomic E-state index is 13.1. The minimum Gasteiger partial charge on any atom is -0.345 e. The number of nitrogens with one attached hydrogen (secondary N) is 1. The number of sulfonamides is 1. The number of amides is 1. The summed E-state index contributed by atoms with van der Waals surface area (Å²) in [5, 5.41) is 4.89. The smallest absolute Gasteiger partial charge is 0.264 e. The molecule has 0 unspecified atom stereocenters. The van der Waals surface area contributed by atoms with Gasteiger partial charge in [0.1, 0.15) is 28.8 Å². The molecule has 4 aromatic heterocycles. The van der Waals surface area contributed by atoms with Crippen LogP contribution in [0.4, 0.5) is 0 Å². The second-order valence-corrected chi connectivity index (χ2v) is 9.43. The predicted molar refractivity (Wildman–Crippen MR) is 114 cm³/mol. The lowest BCUT2D eigenvalue weighted by molar-refractivity contribution is -0.133. The third-order valence-electron chi connectivity index (χ3n) is 5.65. The molecule has 5 rings (SSSR count). The highest BCUT2D eigenvalue weighted by Gasteiger charge is 2.32. The Labute approximate surface area is 182 Å². The summed E-state index contributed by atoms with van der Waals surface area (Å²) in [5.74, 6) is -0.273. The third-order valence-corrected chi connectivity index (χ3v) is 7.58. The Bertz CT molecular complexity index is 1490. The van der Waals surface area contributed by atoms with Crippen molar-refractivity contribution in [2.24, 2.45) is 7.05 Å². The van der Waals surface area contributed by atoms with Gasteiger partial charge < -0.3 is 9.88 Å². The molecule has 0 aromatic carbocycles. The molecule has 1 saturated heterocycles. The summed E-state index contributed by atoms with van der Waals surface area (Å²) >= 11 is 0. The largest absolute Gasteiger partial charge is 0.345 e. The summed E-state index contributed by atoms with van der Waals surface area (Å²) < 4.78 is 30.3. The van der Waals surface area contributed by atoms with Crippen molar-refractivity contribution in [2.45, 2.75) is 11.4 Å². The van der Waals surface area contributed by atoms with E-state index in [1.165, 1.54) is 32.3 Å². The van der Waals surface area contributed by atoms with Crippen LogP contribution in [0.3, 0.4) is 0 Å². The molecule has 0 radical (unpaired) electrons. The van der Waals surface area contributed by atoms with Gasteiger partial charge in [0, 0.05) is 51.0 Å². The van der Waals surface area contributed by atoms with Crippen molar-refractivity contribution in [3.63, 3.8) is 0 Å². The normalized spacial score (nSPS) is 15.6. The quantitative estimate of drug-likeness (QED) is 0.438. The first-order chi connectivity index (χ1) is 15.4. The van der Waals surface area contributed by atoms with Crippen LogP contribution in [0.15, 0.2) is 46.7 Å². The first-order valence-corrected chi connectivity index (χ1v) is 11.4. The Morgan fingerprint density at radius 1 is 1.16 bits per heavy atom. The molecule has 0 aliphatic carbocycles. The van der Waals surface area contributed by atoms with Gasteiger partial charge in [-0.2, -0.15) is 9.40 Å². The minimum atomic E-state index is -3.73. The van der Waals surface area contributed by atoms with Crippen LogP contribution < -0.4 is 5.56 Å². The number of carbonyl (C=O) groups excluding carboxylic acids is 1. The average Bonchev–Trinajstić information content (AvgIpc) is 3.40. The summed E-state index contributed by atoms with van der Waals surface area (Å²) in [4.78, 5) is 38.3. The van der Waals surface area contributed by atoms with Gasteiger partial charge >= 0.3 is 0 Å². The van der Waals surface area contributed by atoms with E-state index in [0.29, 0.717) is 22.1 Å². The molecule has 13 heteroatoms. The van der Waals surface area contributed by atoms with Gasteiger partial charge in [0.25, 0.3) is 5.56 Å². The van der Waals surface area contributed by atoms with Gasteiger partial charge in [-0.25, -0.2) is 18.4 Å². The molecular weight excluding hydrogens is 436 g/mol. The van der Waals surface area contributed by atoms with Gasteiger partial charge in [-0.15, -0.1) is 0 Å². The molecule has 5 heterocycles. The van der Waals surface area contributed by atoms with Crippen molar-refractivity contribution in [1.29, 1.82) is 0 Å². The number of piperazine rings is 1. The molecule has 12 nitrogen and oxygen atoms in total. The summed E-state index contributed by atoms with van der Waals surface area (Å²) in [7, 11) is -2.05. The molecule has 1 amide bonds. The molecule has 32 heavy (non-hydrogen) atoms. The summed E-state index contributed by atoms with van der Waals surface area (Å²) in [5.41, 5.74) is 0.611. The lowest BCUT2D eigenvalue weighted by Gasteiger charge is -2.34. The first kappa shape index (κ1) is 20.3. The van der Waals surface area contributed by atoms with E-state index in [-0.39, 0.29) is 49.1 Å². The zero-order valence-corrected chi connectivity index (χ0v) is 18.0. The van der Waals surface area contributed by atoms with E-state index in [2.05, 4.69) is 20.1 Å². The van der Waals surface area contributed by atoms with Gasteiger partial charge in [-0.05, 0) is 12.1 Å². The molecule has 1 fully saturated rings. The van der Waals surface area contributed by atoms with Crippen molar-refractivity contribution in [3.05, 3.63) is 47.4 Å². The highest BCUT2D eigenvalue weighted by atomic mass is 32.2. The van der Waals surface area contributed by atoms with E-state index in [1.54, 1.807) is 30.3 Å². The zero-order chi connectivity index (χ0) is 22.5. The summed E-state index contributed by atoms with van der Waals surface area (Å²) in [6.45, 7) is 0.620. The Balaban J connectivity index is 1.29. The molecule has 1 aliphatic heterocycles. The van der Waals surface area contributed by atoms with E-state index < -0.39 is 10.0 Å². The van der Waals surface area contributed by atoms with Crippen LogP contribution in [0.25, 0.3) is 22.1 Å². The van der Waals surface area contributed by atoms with E-state index in [0.717, 1.165) is 0 Å². The van der Waals surface area contributed by atoms with E-state index in [9.17, 15) is 18.0 Å². The topological polar surface area (TPSA) is 139 Å². The maximum atomic E-state index is 13.1. The van der Waals surface area contributed by atoms with Gasteiger partial charge in [0.2, 0.25) is 15.9 Å². The highest BCUT2D eigenvalue weighted by molar-refractivity contribution is 7.89. The number of hydrogen-bond acceptors (Lipinski definition) is 7. The van der Waals surface area contributed by atoms with Crippen LogP contribution in [0.5, 0.6) is 0 Å². The van der Waals surface area contributed by atoms with Crippen molar-refractivity contribution in [2.75, 3.05) is 26.2 Å². The number of nitrogens with zero attached hydrogens (tertiary/aromatic N) is 7. The number of rotatable bonds is 4. The van der Waals surface area contributed by atoms with E-state index in [1.807, 2.05) is 0 Å². The molecule has 1 N–H and O–H groups in total. The monoisotopic (exact) mass is 456 g/mol. The SMILES string of the molecule is Cn1ncc2c(=O)n(CC(=O)N3CCN(S(=O)(=O)c4c[nH]c5ncccc45)CC3)cnc21. The Morgan fingerprint density at radius 3 is 2.72 bits per heavy atom. The van der Waals surface area contributed by atoms with Crippen molar-refractivity contribution < 1.29 is 13.2 Å². The van der Waals surface area contributed by atoms with Crippen molar-refractivity contribution in [3.8, 4) is 0 Å². The molecular formula is C19H20N8O4S. The number of aryl methyl sites for hydroxylation is 1. The van der Waals surface area contributed by atoms with Crippen LogP contribution in [0.2, 0.25) is 0 Å². The van der Waals surface area contributed by atoms with E-state index >= 15 is 0 Å². The fraction of sp³-hybridized carbons (Fsp3) is 0.316. The molecule has 0 bridgehead atoms. The second-order valence-electron chi connectivity index (χ2n) is 7.52. The fourth-order valence-corrected chi connectivity index (χ4v) is 5.46. The molecule has 1 aliphatic rings. The predicted octanol–water partition coefficient (Wildman–Crippen LogP) is -0.461. The molecule has 166 valence electrons. The number of carbonyl (C=O) groups is 1. The second kappa shape index (κ2) is 7.53. The van der Waals surface area contributed by atoms with E-state index in [4.69, 9.17) is 0 Å². The maximum Gasteiger partial charge on any atom is 0.264 e. The molecule has 4 aromatic rings. The van der Waals surface area contributed by atoms with Crippen LogP contribution in [0, 0.1) is 0 Å². The zero-order valence-electron chi connectivity index (χ0n) is 17.2. The Kier molecular flexibility index (Phi) is 4.78. The van der Waals surface area contributed by atoms with Crippen LogP contribution in [-0.4, -0.2) is 79.0 Å². The highest BCUT2D eigenvalue weighted by Crippen LogP contribution is 2.25. The number of aromatic nitrogens is 6. The third kappa shape index (κ3) is 3.26. The standard InChI is InChI=1S/C19H20N8O4S/c1-24-18-14(9-23-24)19(29)26(12-22-18)11-16(28)25-5-7-27(8-6-25)32(30,31)15-10-21-17-13(15)3-2-4-20-17/h2-4,9-10,12H,5-8,11H2,1H3,(H,20,21). The number of pyridine rings is 1. The fourth-order valence-electron chi connectivity index (χ4n) is 3.89. The molecule has 0 saturated carbocycles. The minimum absolute atomic E-state index is 0.162. The molecule has 0 atom stereocenters. The van der Waals surface area contributed by atoms with Crippen molar-refractivity contribution in [1.82, 2.24) is 38.5 Å². The van der Waals surface area contributed by atoms with Crippen LogP contribution in [-0.2, 0) is 28.4 Å². The van der Waals surface area contributed by atoms with Gasteiger partial charge in [0.05, 0.1) is 6.20 Å². The van der Waals surface area contributed by atoms with Gasteiger partial charge in [-0.1, -0.05) is 0 Å². The summed E-state index contributed by atoms with van der Waals surface area (Å²) in [6.07, 6.45) is 5.79. The molecule has 0 spiro atoms. The van der Waals surface area contributed by atoms with Crippen molar-refractivity contribution >= 4 is 38.0 Å². The number of H-pyrrole nitrogens is 1. The average molecular weight is 456 g/mol. The number of hydrogen-bond donors (Lipinski definition) is 1. The van der Waals surface area contributed by atoms with Crippen LogP contribution >= 0.6 is 0 Å². The Hall–Kier alpha value is -3.58. The lowest BCUT2D eigenvalue weighted by atomic mass is 10.3. The summed E-state index contributed by atoms with van der Waals surface area (Å²) in [6, 6.07) is 3.39. The number of aromatic amines is 1. The number of fused-ring (bicyclic) bond motifs is 2. The first-order valence-electron chi connectivity index (χ1n) is 9.93. The lowest BCUT2D eigenvalue weighted by Crippen LogP contribution is -2.51. The van der Waals surface area contributed by atoms with Gasteiger partial charge in [0.15, 0.2) is 5.65 Å².